The van der Waals surface area contributed by atoms with Crippen LogP contribution in [0, 0.1) is 0 Å². The zero-order chi connectivity index (χ0) is 14.5. The second-order valence-electron chi connectivity index (χ2n) is 4.34. The zero-order valence-electron chi connectivity index (χ0n) is 11.9. The zero-order valence-corrected chi connectivity index (χ0v) is 11.9. The molecule has 0 bridgehead atoms. The minimum absolute atomic E-state index is 0.310. The molecule has 4 nitrogen and oxygen atoms in total. The minimum Gasteiger partial charge on any atom is -0.497 e. The maximum atomic E-state index is 6.35. The molecule has 1 unspecified atom stereocenters. The highest BCUT2D eigenvalue weighted by molar-refractivity contribution is 5.51. The third-order valence-corrected chi connectivity index (χ3v) is 3.22. The van der Waals surface area contributed by atoms with E-state index in [4.69, 9.17) is 19.9 Å². The number of hydrogen-bond donors (Lipinski definition) is 1. The topological polar surface area (TPSA) is 53.7 Å². The molecule has 0 aliphatic carbocycles. The van der Waals surface area contributed by atoms with Crippen LogP contribution in [0.4, 0.5) is 0 Å². The van der Waals surface area contributed by atoms with Gasteiger partial charge in [-0.2, -0.15) is 0 Å². The fraction of sp³-hybridized carbons (Fsp3) is 0.250. The van der Waals surface area contributed by atoms with Crippen molar-refractivity contribution in [1.82, 2.24) is 0 Å². The average molecular weight is 273 g/mol. The summed E-state index contributed by atoms with van der Waals surface area (Å²) >= 11 is 0. The molecule has 0 heterocycles. The van der Waals surface area contributed by atoms with Gasteiger partial charge in [-0.05, 0) is 23.8 Å². The van der Waals surface area contributed by atoms with Crippen molar-refractivity contribution < 1.29 is 14.2 Å². The lowest BCUT2D eigenvalue weighted by atomic mass is 9.98. The molecule has 0 saturated carbocycles. The molecule has 1 atom stereocenters. The molecule has 4 heteroatoms. The molecule has 0 saturated heterocycles. The quantitative estimate of drug-likeness (QED) is 0.910. The largest absolute Gasteiger partial charge is 0.497 e. The molecule has 2 N–H and O–H groups in total. The Hall–Kier alpha value is -2.20. The second-order valence-corrected chi connectivity index (χ2v) is 4.34. The van der Waals surface area contributed by atoms with Gasteiger partial charge in [0.25, 0.3) is 0 Å². The first-order chi connectivity index (χ1) is 9.71. The molecular weight excluding hydrogens is 254 g/mol. The molecule has 0 aliphatic rings. The minimum atomic E-state index is -0.310. The number of nitrogens with two attached hydrogens (primary N) is 1. The highest BCUT2D eigenvalue weighted by Crippen LogP contribution is 2.36. The van der Waals surface area contributed by atoms with Crippen molar-refractivity contribution >= 4 is 0 Å². The second kappa shape index (κ2) is 6.30. The lowest BCUT2D eigenvalue weighted by molar-refractivity contribution is 0.350. The molecular formula is C16H19NO3. The van der Waals surface area contributed by atoms with E-state index in [9.17, 15) is 0 Å². The Morgan fingerprint density at radius 2 is 1.65 bits per heavy atom. The van der Waals surface area contributed by atoms with Gasteiger partial charge in [-0.15, -0.1) is 0 Å². The van der Waals surface area contributed by atoms with Gasteiger partial charge in [0.2, 0.25) is 0 Å². The summed E-state index contributed by atoms with van der Waals surface area (Å²) in [5.41, 5.74) is 8.18. The molecule has 0 amide bonds. The van der Waals surface area contributed by atoms with E-state index in [2.05, 4.69) is 0 Å². The van der Waals surface area contributed by atoms with Crippen molar-refractivity contribution in [3.8, 4) is 17.2 Å². The smallest absolute Gasteiger partial charge is 0.165 e. The van der Waals surface area contributed by atoms with Crippen molar-refractivity contribution in [2.75, 3.05) is 21.3 Å². The summed E-state index contributed by atoms with van der Waals surface area (Å²) in [4.78, 5) is 0. The Morgan fingerprint density at radius 1 is 0.900 bits per heavy atom. The maximum absolute atomic E-state index is 6.35. The van der Waals surface area contributed by atoms with Gasteiger partial charge in [-0.25, -0.2) is 0 Å². The van der Waals surface area contributed by atoms with Crippen molar-refractivity contribution in [3.05, 3.63) is 53.6 Å². The van der Waals surface area contributed by atoms with E-state index in [0.717, 1.165) is 16.9 Å². The highest BCUT2D eigenvalue weighted by Gasteiger charge is 2.17. The Morgan fingerprint density at radius 3 is 2.30 bits per heavy atom. The van der Waals surface area contributed by atoms with Gasteiger partial charge in [0.1, 0.15) is 5.75 Å². The van der Waals surface area contributed by atoms with E-state index < -0.39 is 0 Å². The van der Waals surface area contributed by atoms with E-state index in [-0.39, 0.29) is 6.04 Å². The predicted molar refractivity (Wildman–Crippen MR) is 78.6 cm³/mol. The molecule has 0 aliphatic heterocycles. The summed E-state index contributed by atoms with van der Waals surface area (Å²) in [6.07, 6.45) is 0. The maximum Gasteiger partial charge on any atom is 0.165 e. The van der Waals surface area contributed by atoms with Crippen LogP contribution >= 0.6 is 0 Å². The first-order valence-electron chi connectivity index (χ1n) is 6.31. The van der Waals surface area contributed by atoms with Gasteiger partial charge in [0, 0.05) is 5.56 Å². The summed E-state index contributed by atoms with van der Waals surface area (Å²) in [5.74, 6) is 2.11. The van der Waals surface area contributed by atoms with E-state index in [1.807, 2.05) is 42.5 Å². The van der Waals surface area contributed by atoms with Crippen LogP contribution in [0.3, 0.4) is 0 Å². The number of para-hydroxylation sites is 1. The Balaban J connectivity index is 2.44. The van der Waals surface area contributed by atoms with Crippen molar-refractivity contribution in [3.63, 3.8) is 0 Å². The van der Waals surface area contributed by atoms with Gasteiger partial charge in [0.05, 0.1) is 27.4 Å². The van der Waals surface area contributed by atoms with E-state index >= 15 is 0 Å². The van der Waals surface area contributed by atoms with Crippen LogP contribution in [0.2, 0.25) is 0 Å². The lowest BCUT2D eigenvalue weighted by Crippen LogP contribution is -2.13. The van der Waals surface area contributed by atoms with E-state index in [1.165, 1.54) is 0 Å². The van der Waals surface area contributed by atoms with Crippen LogP contribution in [0.5, 0.6) is 17.2 Å². The van der Waals surface area contributed by atoms with Gasteiger partial charge in [0.15, 0.2) is 11.5 Å². The van der Waals surface area contributed by atoms with Crippen molar-refractivity contribution in [1.29, 1.82) is 0 Å². The first kappa shape index (κ1) is 14.2. The average Bonchev–Trinajstić information content (AvgIpc) is 2.53. The molecule has 20 heavy (non-hydrogen) atoms. The number of methoxy groups -OCH3 is 3. The molecule has 106 valence electrons. The molecule has 2 aromatic carbocycles. The van der Waals surface area contributed by atoms with E-state index in [1.54, 1.807) is 21.3 Å². The number of benzene rings is 2. The van der Waals surface area contributed by atoms with Crippen LogP contribution in [-0.2, 0) is 0 Å². The number of hydrogen-bond acceptors (Lipinski definition) is 4. The molecule has 2 rings (SSSR count). The van der Waals surface area contributed by atoms with Gasteiger partial charge in [-0.3, -0.25) is 0 Å². The third-order valence-electron chi connectivity index (χ3n) is 3.22. The first-order valence-corrected chi connectivity index (χ1v) is 6.31. The van der Waals surface area contributed by atoms with Crippen LogP contribution < -0.4 is 19.9 Å². The standard InChI is InChI=1S/C16H19NO3/c1-18-12-7-4-6-11(10-12)15(17)13-8-5-9-14(19-2)16(13)20-3/h4-10,15H,17H2,1-3H3. The molecule has 0 fully saturated rings. The number of ether oxygens (including phenoxy) is 3. The summed E-state index contributed by atoms with van der Waals surface area (Å²) in [7, 11) is 4.86. The molecule has 0 aromatic heterocycles. The summed E-state index contributed by atoms with van der Waals surface area (Å²) in [5, 5.41) is 0. The third kappa shape index (κ3) is 2.70. The van der Waals surface area contributed by atoms with Gasteiger partial charge < -0.3 is 19.9 Å². The molecule has 0 spiro atoms. The van der Waals surface area contributed by atoms with Crippen LogP contribution in [0.25, 0.3) is 0 Å². The van der Waals surface area contributed by atoms with Crippen molar-refractivity contribution in [2.45, 2.75) is 6.04 Å². The SMILES string of the molecule is COc1cccc(C(N)c2cccc(OC)c2OC)c1. The predicted octanol–water partition coefficient (Wildman–Crippen LogP) is 2.76. The number of rotatable bonds is 5. The summed E-state index contributed by atoms with van der Waals surface area (Å²) in [6, 6.07) is 13.1. The lowest BCUT2D eigenvalue weighted by Gasteiger charge is -2.18. The molecule has 0 radical (unpaired) electrons. The normalized spacial score (nSPS) is 11.8. The molecule has 2 aromatic rings. The van der Waals surface area contributed by atoms with Crippen LogP contribution in [-0.4, -0.2) is 21.3 Å². The van der Waals surface area contributed by atoms with Gasteiger partial charge >= 0.3 is 0 Å². The summed E-state index contributed by atoms with van der Waals surface area (Å²) < 4.78 is 16.0. The van der Waals surface area contributed by atoms with Gasteiger partial charge in [-0.1, -0.05) is 24.3 Å². The highest BCUT2D eigenvalue weighted by atomic mass is 16.5. The monoisotopic (exact) mass is 273 g/mol. The van der Waals surface area contributed by atoms with Crippen LogP contribution in [0.1, 0.15) is 17.2 Å². The Kier molecular flexibility index (Phi) is 4.48. The fourth-order valence-electron chi connectivity index (χ4n) is 2.17. The summed E-state index contributed by atoms with van der Waals surface area (Å²) in [6.45, 7) is 0. The van der Waals surface area contributed by atoms with E-state index in [0.29, 0.717) is 11.5 Å². The fourth-order valence-corrected chi connectivity index (χ4v) is 2.17. The Bertz CT molecular complexity index is 584. The van der Waals surface area contributed by atoms with Crippen LogP contribution in [0.15, 0.2) is 42.5 Å². The Labute approximate surface area is 119 Å². The van der Waals surface area contributed by atoms with Crippen molar-refractivity contribution in [2.24, 2.45) is 5.73 Å².